The van der Waals surface area contributed by atoms with Crippen LogP contribution in [0.25, 0.3) is 0 Å². The lowest BCUT2D eigenvalue weighted by Crippen LogP contribution is -2.36. The van der Waals surface area contributed by atoms with Crippen molar-refractivity contribution in [3.63, 3.8) is 0 Å². The van der Waals surface area contributed by atoms with Crippen LogP contribution in [0.1, 0.15) is 18.4 Å². The smallest absolute Gasteiger partial charge is 0.321 e. The maximum atomic E-state index is 13.0. The summed E-state index contributed by atoms with van der Waals surface area (Å²) in [6, 6.07) is 13.4. The number of carbonyl (C=O) groups excluding carboxylic acids is 2. The number of nitrogens with zero attached hydrogens (tertiary/aromatic N) is 2. The number of aryl methyl sites for hydroxylation is 1. The first-order valence-electron chi connectivity index (χ1n) is 9.13. The third kappa shape index (κ3) is 3.39. The number of likely N-dealkylation sites (tertiary alicyclic amines) is 1. The fourth-order valence-electron chi connectivity index (χ4n) is 4.10. The maximum absolute atomic E-state index is 13.0. The number of hydrogen-bond acceptors (Lipinski definition) is 2. The molecule has 3 amide bonds. The molecule has 4 rings (SSSR count). The molecule has 1 spiro atoms. The molecule has 2 aliphatic heterocycles. The summed E-state index contributed by atoms with van der Waals surface area (Å²) in [4.78, 5) is 28.8. The van der Waals surface area contributed by atoms with Gasteiger partial charge in [0, 0.05) is 42.8 Å². The quantitative estimate of drug-likeness (QED) is 0.878. The normalized spacial score (nSPS) is 21.9. The molecule has 2 heterocycles. The van der Waals surface area contributed by atoms with Gasteiger partial charge in [0.1, 0.15) is 5.82 Å². The second kappa shape index (κ2) is 6.68. The van der Waals surface area contributed by atoms with Crippen molar-refractivity contribution in [1.29, 1.82) is 0 Å². The van der Waals surface area contributed by atoms with Gasteiger partial charge < -0.3 is 15.1 Å². The van der Waals surface area contributed by atoms with Crippen LogP contribution in [0.5, 0.6) is 0 Å². The van der Waals surface area contributed by atoms with Gasteiger partial charge in [0.15, 0.2) is 0 Å². The number of hydrogen-bond donors (Lipinski definition) is 1. The van der Waals surface area contributed by atoms with E-state index in [1.165, 1.54) is 24.3 Å². The summed E-state index contributed by atoms with van der Waals surface area (Å²) >= 11 is 0. The summed E-state index contributed by atoms with van der Waals surface area (Å²) < 4.78 is 13.0. The van der Waals surface area contributed by atoms with E-state index in [1.54, 1.807) is 4.90 Å². The van der Waals surface area contributed by atoms with E-state index in [9.17, 15) is 14.0 Å². The molecule has 27 heavy (non-hydrogen) atoms. The van der Waals surface area contributed by atoms with Gasteiger partial charge in [0.25, 0.3) is 0 Å². The predicted octanol–water partition coefficient (Wildman–Crippen LogP) is 3.80. The molecule has 2 aliphatic rings. The molecule has 0 saturated carbocycles. The largest absolute Gasteiger partial charge is 0.324 e. The Labute approximate surface area is 157 Å². The first kappa shape index (κ1) is 17.5. The zero-order valence-corrected chi connectivity index (χ0v) is 15.2. The minimum Gasteiger partial charge on any atom is -0.324 e. The summed E-state index contributed by atoms with van der Waals surface area (Å²) in [6.45, 7) is 3.80. The predicted molar refractivity (Wildman–Crippen MR) is 102 cm³/mol. The Bertz CT molecular complexity index is 883. The number of para-hydroxylation sites is 1. The Morgan fingerprint density at radius 2 is 1.85 bits per heavy atom. The van der Waals surface area contributed by atoms with Gasteiger partial charge in [-0.15, -0.1) is 0 Å². The van der Waals surface area contributed by atoms with Gasteiger partial charge in [0.05, 0.1) is 0 Å². The number of halogens is 1. The summed E-state index contributed by atoms with van der Waals surface area (Å²) in [5, 5.41) is 2.80. The van der Waals surface area contributed by atoms with E-state index >= 15 is 0 Å². The van der Waals surface area contributed by atoms with Crippen molar-refractivity contribution in [1.82, 2.24) is 4.90 Å². The Hall–Kier alpha value is -2.89. The lowest BCUT2D eigenvalue weighted by Gasteiger charge is -2.25. The van der Waals surface area contributed by atoms with Crippen LogP contribution in [-0.4, -0.2) is 36.5 Å². The van der Waals surface area contributed by atoms with Crippen LogP contribution < -0.4 is 10.2 Å². The van der Waals surface area contributed by atoms with Crippen molar-refractivity contribution in [2.45, 2.75) is 19.8 Å². The molecular weight excluding hydrogens is 345 g/mol. The molecule has 2 aromatic rings. The van der Waals surface area contributed by atoms with Crippen LogP contribution in [0.15, 0.2) is 48.5 Å². The molecule has 1 atom stereocenters. The highest BCUT2D eigenvalue weighted by Crippen LogP contribution is 2.42. The van der Waals surface area contributed by atoms with Crippen molar-refractivity contribution in [2.75, 3.05) is 29.9 Å². The van der Waals surface area contributed by atoms with E-state index in [4.69, 9.17) is 0 Å². The van der Waals surface area contributed by atoms with Gasteiger partial charge in [0.2, 0.25) is 5.91 Å². The third-order valence-electron chi connectivity index (χ3n) is 5.55. The molecule has 5 nitrogen and oxygen atoms in total. The molecule has 0 unspecified atom stereocenters. The van der Waals surface area contributed by atoms with Gasteiger partial charge in [-0.05, 0) is 49.2 Å². The average Bonchev–Trinajstić information content (AvgIpc) is 3.20. The van der Waals surface area contributed by atoms with Gasteiger partial charge in [-0.25, -0.2) is 9.18 Å². The number of amides is 3. The fourth-order valence-corrected chi connectivity index (χ4v) is 4.10. The van der Waals surface area contributed by atoms with E-state index in [0.717, 1.165) is 17.7 Å². The lowest BCUT2D eigenvalue weighted by atomic mass is 9.86. The molecule has 2 fully saturated rings. The fraction of sp³-hybridized carbons (Fsp3) is 0.333. The van der Waals surface area contributed by atoms with Crippen molar-refractivity contribution in [3.05, 3.63) is 59.9 Å². The van der Waals surface area contributed by atoms with Crippen LogP contribution in [-0.2, 0) is 4.79 Å². The zero-order valence-electron chi connectivity index (χ0n) is 15.2. The first-order valence-corrected chi connectivity index (χ1v) is 9.13. The topological polar surface area (TPSA) is 52.6 Å². The second-order valence-corrected chi connectivity index (χ2v) is 7.55. The summed E-state index contributed by atoms with van der Waals surface area (Å²) in [7, 11) is 0. The van der Waals surface area contributed by atoms with Crippen molar-refractivity contribution >= 4 is 23.3 Å². The van der Waals surface area contributed by atoms with E-state index in [-0.39, 0.29) is 23.2 Å². The Morgan fingerprint density at radius 3 is 2.59 bits per heavy atom. The number of benzene rings is 2. The summed E-state index contributed by atoms with van der Waals surface area (Å²) in [5.74, 6) is -0.223. The number of urea groups is 1. The van der Waals surface area contributed by atoms with Crippen LogP contribution in [0.3, 0.4) is 0 Å². The first-order chi connectivity index (χ1) is 13.0. The Morgan fingerprint density at radius 1 is 1.11 bits per heavy atom. The van der Waals surface area contributed by atoms with E-state index < -0.39 is 0 Å². The minimum atomic E-state index is -0.339. The lowest BCUT2D eigenvalue weighted by molar-refractivity contribution is -0.117. The number of rotatable bonds is 2. The van der Waals surface area contributed by atoms with Crippen LogP contribution in [0.2, 0.25) is 0 Å². The molecular formula is C21H22FN3O2. The van der Waals surface area contributed by atoms with Crippen molar-refractivity contribution < 1.29 is 14.0 Å². The molecule has 0 aromatic heterocycles. The van der Waals surface area contributed by atoms with Crippen LogP contribution in [0, 0.1) is 18.2 Å². The number of nitrogens with one attached hydrogen (secondary N) is 1. The van der Waals surface area contributed by atoms with Gasteiger partial charge in [-0.3, -0.25) is 4.79 Å². The average molecular weight is 367 g/mol. The van der Waals surface area contributed by atoms with E-state index in [1.807, 2.05) is 36.1 Å². The van der Waals surface area contributed by atoms with Crippen LogP contribution >= 0.6 is 0 Å². The monoisotopic (exact) mass is 367 g/mol. The summed E-state index contributed by atoms with van der Waals surface area (Å²) in [6.07, 6.45) is 1.26. The third-order valence-corrected chi connectivity index (χ3v) is 5.55. The molecule has 140 valence electrons. The standard InChI is InChI=1S/C21H22FN3O2/c1-15-4-2-3-5-18(15)25-14-21(12-19(25)26)10-11-24(13-21)20(27)23-17-8-6-16(22)7-9-17/h2-9H,10-14H2,1H3,(H,23,27)/t21-/m1/s1. The number of carbonyl (C=O) groups is 2. The van der Waals surface area contributed by atoms with Gasteiger partial charge in [-0.2, -0.15) is 0 Å². The van der Waals surface area contributed by atoms with Gasteiger partial charge >= 0.3 is 6.03 Å². The van der Waals surface area contributed by atoms with Gasteiger partial charge in [-0.1, -0.05) is 18.2 Å². The highest BCUT2D eigenvalue weighted by Gasteiger charge is 2.49. The Kier molecular flexibility index (Phi) is 4.34. The molecule has 1 N–H and O–H groups in total. The SMILES string of the molecule is Cc1ccccc1N1C[C@]2(CCN(C(=O)Nc3ccc(F)cc3)C2)CC1=O. The maximum Gasteiger partial charge on any atom is 0.321 e. The highest BCUT2D eigenvalue weighted by molar-refractivity contribution is 5.97. The van der Waals surface area contributed by atoms with Crippen molar-refractivity contribution in [3.8, 4) is 0 Å². The zero-order chi connectivity index (χ0) is 19.0. The highest BCUT2D eigenvalue weighted by atomic mass is 19.1. The second-order valence-electron chi connectivity index (χ2n) is 7.55. The van der Waals surface area contributed by atoms with Crippen LogP contribution in [0.4, 0.5) is 20.6 Å². The summed E-state index contributed by atoms with van der Waals surface area (Å²) in [5.41, 5.74) is 2.39. The molecule has 0 aliphatic carbocycles. The van der Waals surface area contributed by atoms with E-state index in [2.05, 4.69) is 5.32 Å². The molecule has 0 bridgehead atoms. The molecule has 6 heteroatoms. The molecule has 2 saturated heterocycles. The van der Waals surface area contributed by atoms with Crippen molar-refractivity contribution in [2.24, 2.45) is 5.41 Å². The molecule has 0 radical (unpaired) electrons. The Balaban J connectivity index is 1.44. The van der Waals surface area contributed by atoms with E-state index in [0.29, 0.717) is 31.7 Å². The number of anilines is 2. The molecule has 2 aromatic carbocycles. The minimum absolute atomic E-state index is 0.116.